The van der Waals surface area contributed by atoms with E-state index in [1.807, 2.05) is 0 Å². The van der Waals surface area contributed by atoms with Crippen LogP contribution in [0.3, 0.4) is 0 Å². The van der Waals surface area contributed by atoms with Crippen LogP contribution in [0.1, 0.15) is 57.4 Å². The first-order valence-corrected chi connectivity index (χ1v) is 9.09. The van der Waals surface area contributed by atoms with Crippen LogP contribution in [0, 0.1) is 0 Å². The summed E-state index contributed by atoms with van der Waals surface area (Å²) in [7, 11) is 0. The lowest BCUT2D eigenvalue weighted by molar-refractivity contribution is -0.138. The molecule has 0 radical (unpaired) electrons. The van der Waals surface area contributed by atoms with E-state index in [9.17, 15) is 33.6 Å². The van der Waals surface area contributed by atoms with Gasteiger partial charge in [0.2, 0.25) is 0 Å². The van der Waals surface area contributed by atoms with Gasteiger partial charge in [0.25, 0.3) is 23.6 Å². The topological polar surface area (TPSA) is 166 Å². The number of amides is 4. The summed E-state index contributed by atoms with van der Waals surface area (Å²) in [5.41, 5.74) is -0.314. The van der Waals surface area contributed by atoms with Crippen molar-refractivity contribution in [2.45, 2.75) is 0 Å². The smallest absolute Gasteiger partial charge is 0.323 e. The number of carboxylic acid groups (broad SMARTS) is 2. The third-order valence-corrected chi connectivity index (χ3v) is 5.05. The molecule has 0 unspecified atom stereocenters. The van der Waals surface area contributed by atoms with Gasteiger partial charge in [-0.1, -0.05) is 12.1 Å². The molecule has 2 N–H and O–H groups in total. The van der Waals surface area contributed by atoms with Gasteiger partial charge in [0.15, 0.2) is 5.78 Å². The second-order valence-corrected chi connectivity index (χ2v) is 7.03. The second-order valence-electron chi connectivity index (χ2n) is 7.03. The summed E-state index contributed by atoms with van der Waals surface area (Å²) in [6.07, 6.45) is 0. The van der Waals surface area contributed by atoms with Crippen molar-refractivity contribution in [2.75, 3.05) is 13.1 Å². The molecule has 2 aromatic carbocycles. The molecule has 0 atom stereocenters. The number of hydrogen-bond donors (Lipinski definition) is 2. The fourth-order valence-electron chi connectivity index (χ4n) is 3.59. The molecule has 0 aromatic heterocycles. The first-order valence-electron chi connectivity index (χ1n) is 9.09. The monoisotopic (exact) mass is 436 g/mol. The van der Waals surface area contributed by atoms with Gasteiger partial charge in [0.05, 0.1) is 22.3 Å². The summed E-state index contributed by atoms with van der Waals surface area (Å²) in [4.78, 5) is 85.1. The molecule has 2 aliphatic rings. The molecule has 4 rings (SSSR count). The molecule has 0 saturated carbocycles. The minimum Gasteiger partial charge on any atom is -0.480 e. The molecule has 4 amide bonds. The van der Waals surface area contributed by atoms with Crippen LogP contribution in [-0.2, 0) is 9.59 Å². The van der Waals surface area contributed by atoms with Crippen molar-refractivity contribution in [3.63, 3.8) is 0 Å². The minimum absolute atomic E-state index is 0.00110. The zero-order valence-electron chi connectivity index (χ0n) is 16.0. The summed E-state index contributed by atoms with van der Waals surface area (Å²) >= 11 is 0. The van der Waals surface area contributed by atoms with E-state index in [4.69, 9.17) is 10.2 Å². The fraction of sp³-hybridized carbons (Fsp3) is 0.0952. The van der Waals surface area contributed by atoms with Crippen LogP contribution in [-0.4, -0.2) is 74.5 Å². The highest BCUT2D eigenvalue weighted by Crippen LogP contribution is 2.27. The number of ketones is 1. The van der Waals surface area contributed by atoms with Crippen LogP contribution < -0.4 is 0 Å². The van der Waals surface area contributed by atoms with Crippen molar-refractivity contribution < 1.29 is 43.8 Å². The Hall–Kier alpha value is -4.67. The quantitative estimate of drug-likeness (QED) is 0.477. The number of benzene rings is 2. The van der Waals surface area contributed by atoms with Crippen molar-refractivity contribution in [1.29, 1.82) is 0 Å². The standard InChI is InChI=1S/C21H12N2O9/c24-15(25)7-22-18(29)11-3-1-9(5-13(11)20(22)31)17(28)10-2-4-12-14(6-10)21(32)23(19(12)30)8-16(26)27/h1-6H,7-8H2,(H,24,25)(H,26,27). The number of fused-ring (bicyclic) bond motifs is 2. The number of hydrogen-bond acceptors (Lipinski definition) is 7. The second kappa shape index (κ2) is 7.23. The van der Waals surface area contributed by atoms with Gasteiger partial charge in [-0.2, -0.15) is 0 Å². The number of imide groups is 2. The van der Waals surface area contributed by atoms with Crippen LogP contribution in [0.15, 0.2) is 36.4 Å². The molecule has 32 heavy (non-hydrogen) atoms. The molecular formula is C21H12N2O9. The number of rotatable bonds is 6. The van der Waals surface area contributed by atoms with Gasteiger partial charge in [-0.15, -0.1) is 0 Å². The lowest BCUT2D eigenvalue weighted by Gasteiger charge is -2.09. The molecule has 0 spiro atoms. The summed E-state index contributed by atoms with van der Waals surface area (Å²) in [5.74, 6) is -6.63. The van der Waals surface area contributed by atoms with Gasteiger partial charge in [-0.3, -0.25) is 43.4 Å². The molecule has 160 valence electrons. The van der Waals surface area contributed by atoms with Gasteiger partial charge in [-0.25, -0.2) is 0 Å². The predicted octanol–water partition coefficient (Wildman–Crippen LogP) is 0.279. The molecule has 0 bridgehead atoms. The summed E-state index contributed by atoms with van der Waals surface area (Å²) in [6, 6.07) is 7.37. The maximum atomic E-state index is 12.9. The van der Waals surface area contributed by atoms with Crippen LogP contribution >= 0.6 is 0 Å². The van der Waals surface area contributed by atoms with Gasteiger partial charge >= 0.3 is 11.9 Å². The zero-order chi connectivity index (χ0) is 23.3. The van der Waals surface area contributed by atoms with Crippen molar-refractivity contribution in [3.05, 3.63) is 69.8 Å². The predicted molar refractivity (Wildman–Crippen MR) is 102 cm³/mol. The van der Waals surface area contributed by atoms with E-state index in [1.165, 1.54) is 24.3 Å². The zero-order valence-corrected chi connectivity index (χ0v) is 16.0. The van der Waals surface area contributed by atoms with E-state index >= 15 is 0 Å². The number of carboxylic acids is 2. The highest BCUT2D eigenvalue weighted by Gasteiger charge is 2.39. The van der Waals surface area contributed by atoms with Crippen LogP contribution in [0.5, 0.6) is 0 Å². The third-order valence-electron chi connectivity index (χ3n) is 5.05. The van der Waals surface area contributed by atoms with E-state index in [0.717, 1.165) is 12.1 Å². The molecule has 2 aromatic rings. The van der Waals surface area contributed by atoms with Crippen LogP contribution in [0.4, 0.5) is 0 Å². The first kappa shape index (κ1) is 20.6. The fourth-order valence-corrected chi connectivity index (χ4v) is 3.59. The van der Waals surface area contributed by atoms with Crippen molar-refractivity contribution in [3.8, 4) is 0 Å². The van der Waals surface area contributed by atoms with Crippen LogP contribution in [0.25, 0.3) is 0 Å². The average molecular weight is 436 g/mol. The molecule has 11 nitrogen and oxygen atoms in total. The van der Waals surface area contributed by atoms with Crippen molar-refractivity contribution >= 4 is 41.4 Å². The van der Waals surface area contributed by atoms with E-state index < -0.39 is 54.4 Å². The Morgan fingerprint density at radius 3 is 1.28 bits per heavy atom. The van der Waals surface area contributed by atoms with Crippen molar-refractivity contribution in [1.82, 2.24) is 9.80 Å². The summed E-state index contributed by atoms with van der Waals surface area (Å²) in [6.45, 7) is -1.63. The maximum absolute atomic E-state index is 12.9. The largest absolute Gasteiger partial charge is 0.480 e. The van der Waals surface area contributed by atoms with E-state index in [1.54, 1.807) is 0 Å². The Balaban J connectivity index is 1.66. The van der Waals surface area contributed by atoms with Gasteiger partial charge < -0.3 is 10.2 Å². The molecule has 0 fully saturated rings. The lowest BCUT2D eigenvalue weighted by Crippen LogP contribution is -2.34. The highest BCUT2D eigenvalue weighted by atomic mass is 16.4. The Kier molecular flexibility index (Phi) is 4.66. The minimum atomic E-state index is -1.37. The number of nitrogens with zero attached hydrogens (tertiary/aromatic N) is 2. The lowest BCUT2D eigenvalue weighted by atomic mass is 9.96. The average Bonchev–Trinajstić information content (AvgIpc) is 3.12. The number of carbonyl (C=O) groups excluding carboxylic acids is 5. The number of aliphatic carboxylic acids is 2. The van der Waals surface area contributed by atoms with E-state index in [2.05, 4.69) is 0 Å². The van der Waals surface area contributed by atoms with Gasteiger partial charge in [0.1, 0.15) is 13.1 Å². The van der Waals surface area contributed by atoms with Crippen molar-refractivity contribution in [2.24, 2.45) is 0 Å². The molecule has 2 aliphatic heterocycles. The molecule has 0 saturated heterocycles. The Morgan fingerprint density at radius 1 is 0.594 bits per heavy atom. The Labute approximate surface area is 178 Å². The molecule has 2 heterocycles. The molecular weight excluding hydrogens is 424 g/mol. The summed E-state index contributed by atoms with van der Waals surface area (Å²) in [5, 5.41) is 17.8. The van der Waals surface area contributed by atoms with Gasteiger partial charge in [0, 0.05) is 11.1 Å². The van der Waals surface area contributed by atoms with Gasteiger partial charge in [-0.05, 0) is 24.3 Å². The molecule has 0 aliphatic carbocycles. The van der Waals surface area contributed by atoms with E-state index in [-0.39, 0.29) is 33.4 Å². The van der Waals surface area contributed by atoms with Crippen LogP contribution in [0.2, 0.25) is 0 Å². The normalized spacial score (nSPS) is 14.6. The van der Waals surface area contributed by atoms with E-state index in [0.29, 0.717) is 9.80 Å². The first-order chi connectivity index (χ1) is 15.1. The highest BCUT2D eigenvalue weighted by molar-refractivity contribution is 6.25. The number of carbonyl (C=O) groups is 7. The maximum Gasteiger partial charge on any atom is 0.323 e. The Bertz CT molecular complexity index is 1200. The third kappa shape index (κ3) is 3.12. The Morgan fingerprint density at radius 2 is 0.938 bits per heavy atom. The SMILES string of the molecule is O=C(O)CN1C(=O)c2ccc(C(=O)c3ccc4c(c3)C(=O)N(CC(=O)O)C4=O)cc2C1=O. The summed E-state index contributed by atoms with van der Waals surface area (Å²) < 4.78 is 0. The molecule has 11 heteroatoms.